The third-order valence-corrected chi connectivity index (χ3v) is 2.81. The van der Waals surface area contributed by atoms with Gasteiger partial charge in [0.1, 0.15) is 11.5 Å². The average molecular weight is 249 g/mol. The van der Waals surface area contributed by atoms with E-state index >= 15 is 0 Å². The van der Waals surface area contributed by atoms with Crippen molar-refractivity contribution in [1.82, 2.24) is 0 Å². The summed E-state index contributed by atoms with van der Waals surface area (Å²) in [5, 5.41) is 2.72. The molecule has 0 saturated heterocycles. The summed E-state index contributed by atoms with van der Waals surface area (Å²) in [4.78, 5) is 22.3. The van der Waals surface area contributed by atoms with Gasteiger partial charge < -0.3 is 10.1 Å². The number of hydrogen-bond donors (Lipinski definition) is 1. The van der Waals surface area contributed by atoms with E-state index < -0.39 is 0 Å². The van der Waals surface area contributed by atoms with Crippen molar-refractivity contribution < 1.29 is 14.3 Å². The molecule has 1 amide bonds. The monoisotopic (exact) mass is 249 g/mol. The normalized spacial score (nSPS) is 11.8. The SMILES string of the molecule is COc1ccc(CC(C)C(C)=O)cc1NC(C)=O. The maximum Gasteiger partial charge on any atom is 0.221 e. The summed E-state index contributed by atoms with van der Waals surface area (Å²) in [6.45, 7) is 4.93. The second-order valence-electron chi connectivity index (χ2n) is 4.43. The van der Waals surface area contributed by atoms with Gasteiger partial charge in [-0.05, 0) is 31.0 Å². The first-order valence-electron chi connectivity index (χ1n) is 5.89. The first-order chi connectivity index (χ1) is 8.43. The van der Waals surface area contributed by atoms with Crippen LogP contribution >= 0.6 is 0 Å². The fourth-order valence-corrected chi connectivity index (χ4v) is 1.67. The van der Waals surface area contributed by atoms with Gasteiger partial charge in [0.15, 0.2) is 0 Å². The molecule has 4 nitrogen and oxygen atoms in total. The van der Waals surface area contributed by atoms with Gasteiger partial charge in [-0.2, -0.15) is 0 Å². The van der Waals surface area contributed by atoms with Gasteiger partial charge in [-0.25, -0.2) is 0 Å². The number of ketones is 1. The van der Waals surface area contributed by atoms with Crippen LogP contribution in [0.1, 0.15) is 26.3 Å². The predicted octanol–water partition coefficient (Wildman–Crippen LogP) is 2.42. The molecule has 18 heavy (non-hydrogen) atoms. The Morgan fingerprint density at radius 2 is 2.00 bits per heavy atom. The topological polar surface area (TPSA) is 55.4 Å². The van der Waals surface area contributed by atoms with E-state index in [9.17, 15) is 9.59 Å². The van der Waals surface area contributed by atoms with Crippen LogP contribution in [0.5, 0.6) is 5.75 Å². The van der Waals surface area contributed by atoms with Crippen LogP contribution in [-0.2, 0) is 16.0 Å². The summed E-state index contributed by atoms with van der Waals surface area (Å²) in [5.41, 5.74) is 1.64. The molecular formula is C14H19NO3. The maximum absolute atomic E-state index is 11.2. The molecule has 1 aromatic rings. The molecule has 0 radical (unpaired) electrons. The quantitative estimate of drug-likeness (QED) is 0.872. The number of ether oxygens (including phenoxy) is 1. The summed E-state index contributed by atoms with van der Waals surface area (Å²) < 4.78 is 5.17. The molecule has 1 atom stereocenters. The van der Waals surface area contributed by atoms with Gasteiger partial charge in [-0.1, -0.05) is 13.0 Å². The van der Waals surface area contributed by atoms with Crippen LogP contribution < -0.4 is 10.1 Å². The molecule has 0 aliphatic rings. The number of carbonyl (C=O) groups is 2. The number of rotatable bonds is 5. The lowest BCUT2D eigenvalue weighted by molar-refractivity contribution is -0.120. The van der Waals surface area contributed by atoms with E-state index in [-0.39, 0.29) is 17.6 Å². The highest BCUT2D eigenvalue weighted by molar-refractivity contribution is 5.90. The van der Waals surface area contributed by atoms with Gasteiger partial charge >= 0.3 is 0 Å². The highest BCUT2D eigenvalue weighted by Gasteiger charge is 2.11. The van der Waals surface area contributed by atoms with E-state index in [2.05, 4.69) is 5.32 Å². The minimum absolute atomic E-state index is 0.0245. The average Bonchev–Trinajstić information content (AvgIpc) is 2.28. The molecule has 0 aliphatic carbocycles. The van der Waals surface area contributed by atoms with Crippen LogP contribution in [0.4, 0.5) is 5.69 Å². The van der Waals surface area contributed by atoms with Crippen LogP contribution in [0, 0.1) is 5.92 Å². The number of Topliss-reactive ketones (excluding diaryl/α,β-unsaturated/α-hetero) is 1. The lowest BCUT2D eigenvalue weighted by Crippen LogP contribution is -2.11. The minimum Gasteiger partial charge on any atom is -0.495 e. The second-order valence-corrected chi connectivity index (χ2v) is 4.43. The molecule has 0 bridgehead atoms. The number of anilines is 1. The highest BCUT2D eigenvalue weighted by Crippen LogP contribution is 2.26. The Morgan fingerprint density at radius 3 is 2.50 bits per heavy atom. The Bertz CT molecular complexity index is 454. The van der Waals surface area contributed by atoms with Crippen molar-refractivity contribution in [1.29, 1.82) is 0 Å². The first-order valence-corrected chi connectivity index (χ1v) is 5.89. The van der Waals surface area contributed by atoms with E-state index in [1.54, 1.807) is 20.1 Å². The molecule has 0 fully saturated rings. The van der Waals surface area contributed by atoms with Crippen LogP contribution in [0.2, 0.25) is 0 Å². The van der Waals surface area contributed by atoms with Crippen molar-refractivity contribution in [2.75, 3.05) is 12.4 Å². The lowest BCUT2D eigenvalue weighted by Gasteiger charge is -2.12. The molecule has 0 spiro atoms. The van der Waals surface area contributed by atoms with Crippen LogP contribution in [0.15, 0.2) is 18.2 Å². The standard InChI is InChI=1S/C14H19NO3/c1-9(10(2)16)7-12-5-6-14(18-4)13(8-12)15-11(3)17/h5-6,8-9H,7H2,1-4H3,(H,15,17). The number of nitrogens with one attached hydrogen (secondary N) is 1. The van der Waals surface area contributed by atoms with E-state index in [0.29, 0.717) is 17.9 Å². The molecule has 1 N–H and O–H groups in total. The van der Waals surface area contributed by atoms with Crippen LogP contribution in [0.25, 0.3) is 0 Å². The number of amides is 1. The number of benzene rings is 1. The Hall–Kier alpha value is -1.84. The van der Waals surface area contributed by atoms with Crippen LogP contribution in [0.3, 0.4) is 0 Å². The molecule has 1 rings (SSSR count). The predicted molar refractivity (Wildman–Crippen MR) is 70.8 cm³/mol. The van der Waals surface area contributed by atoms with Gasteiger partial charge in [0.05, 0.1) is 12.8 Å². The number of hydrogen-bond acceptors (Lipinski definition) is 3. The van der Waals surface area contributed by atoms with Gasteiger partial charge in [-0.3, -0.25) is 9.59 Å². The Labute approximate surface area is 107 Å². The van der Waals surface area contributed by atoms with Crippen molar-refractivity contribution in [3.8, 4) is 5.75 Å². The summed E-state index contributed by atoms with van der Waals surface area (Å²) >= 11 is 0. The first kappa shape index (κ1) is 14.2. The van der Waals surface area contributed by atoms with E-state index in [1.165, 1.54) is 6.92 Å². The third-order valence-electron chi connectivity index (χ3n) is 2.81. The Kier molecular flexibility index (Phi) is 4.89. The van der Waals surface area contributed by atoms with Crippen molar-refractivity contribution in [3.63, 3.8) is 0 Å². The largest absolute Gasteiger partial charge is 0.495 e. The van der Waals surface area contributed by atoms with Crippen molar-refractivity contribution in [2.24, 2.45) is 5.92 Å². The van der Waals surface area contributed by atoms with E-state index in [4.69, 9.17) is 4.74 Å². The Balaban J connectivity index is 2.95. The molecular weight excluding hydrogens is 230 g/mol. The molecule has 98 valence electrons. The van der Waals surface area contributed by atoms with Crippen molar-refractivity contribution >= 4 is 17.4 Å². The van der Waals surface area contributed by atoms with Crippen LogP contribution in [-0.4, -0.2) is 18.8 Å². The molecule has 0 aromatic heterocycles. The zero-order chi connectivity index (χ0) is 13.7. The summed E-state index contributed by atoms with van der Waals surface area (Å²) in [6.07, 6.45) is 0.659. The minimum atomic E-state index is -0.148. The summed E-state index contributed by atoms with van der Waals surface area (Å²) in [7, 11) is 1.55. The van der Waals surface area contributed by atoms with Gasteiger partial charge in [0.2, 0.25) is 5.91 Å². The number of methoxy groups -OCH3 is 1. The summed E-state index contributed by atoms with van der Waals surface area (Å²) in [5.74, 6) is 0.602. The second kappa shape index (κ2) is 6.19. The van der Waals surface area contributed by atoms with E-state index in [1.807, 2.05) is 19.1 Å². The molecule has 4 heteroatoms. The molecule has 1 unspecified atom stereocenters. The maximum atomic E-state index is 11.2. The van der Waals surface area contributed by atoms with Gasteiger partial charge in [0, 0.05) is 12.8 Å². The smallest absolute Gasteiger partial charge is 0.221 e. The van der Waals surface area contributed by atoms with Crippen molar-refractivity contribution in [2.45, 2.75) is 27.2 Å². The van der Waals surface area contributed by atoms with Crippen molar-refractivity contribution in [3.05, 3.63) is 23.8 Å². The lowest BCUT2D eigenvalue weighted by atomic mass is 9.97. The summed E-state index contributed by atoms with van der Waals surface area (Å²) in [6, 6.07) is 5.55. The van der Waals surface area contributed by atoms with E-state index in [0.717, 1.165) is 5.56 Å². The third kappa shape index (κ3) is 3.87. The highest BCUT2D eigenvalue weighted by atomic mass is 16.5. The molecule has 0 heterocycles. The fourth-order valence-electron chi connectivity index (χ4n) is 1.67. The Morgan fingerprint density at radius 1 is 1.33 bits per heavy atom. The molecule has 0 aliphatic heterocycles. The zero-order valence-electron chi connectivity index (χ0n) is 11.2. The van der Waals surface area contributed by atoms with Gasteiger partial charge in [0.25, 0.3) is 0 Å². The number of carbonyl (C=O) groups excluding carboxylic acids is 2. The van der Waals surface area contributed by atoms with Gasteiger partial charge in [-0.15, -0.1) is 0 Å². The zero-order valence-corrected chi connectivity index (χ0v) is 11.2. The molecule has 1 aromatic carbocycles. The fraction of sp³-hybridized carbons (Fsp3) is 0.429. The molecule has 0 saturated carbocycles.